The molecule has 0 saturated heterocycles. The molecule has 0 fully saturated rings. The molecule has 11 heteroatoms. The van der Waals surface area contributed by atoms with Gasteiger partial charge in [-0.2, -0.15) is 10.1 Å². The summed E-state index contributed by atoms with van der Waals surface area (Å²) in [5, 5.41) is 13.4. The Labute approximate surface area is 195 Å². The van der Waals surface area contributed by atoms with Gasteiger partial charge in [-0.25, -0.2) is 14.2 Å². The monoisotopic (exact) mass is 465 g/mol. The van der Waals surface area contributed by atoms with Crippen molar-refractivity contribution in [1.82, 2.24) is 24.9 Å². The first kappa shape index (κ1) is 22.9. The zero-order valence-corrected chi connectivity index (χ0v) is 19.4. The number of hydrogen-bond donors (Lipinski definition) is 2. The Bertz CT molecular complexity index is 1340. The molecule has 1 aromatic carbocycles. The summed E-state index contributed by atoms with van der Waals surface area (Å²) in [6.45, 7) is 7.86. The average Bonchev–Trinajstić information content (AvgIpc) is 3.36. The molecule has 176 valence electrons. The number of nitrogens with one attached hydrogen (secondary N) is 2. The molecule has 2 N–H and O–H groups in total. The van der Waals surface area contributed by atoms with E-state index in [4.69, 9.17) is 9.26 Å². The molecule has 4 rings (SSSR count). The van der Waals surface area contributed by atoms with E-state index >= 15 is 0 Å². The minimum atomic E-state index is -0.630. The quantitative estimate of drug-likeness (QED) is 0.423. The summed E-state index contributed by atoms with van der Waals surface area (Å²) in [7, 11) is 1.72. The molecule has 0 spiro atoms. The number of urea groups is 1. The van der Waals surface area contributed by atoms with Crippen LogP contribution in [0.5, 0.6) is 11.8 Å². The van der Waals surface area contributed by atoms with Crippen LogP contribution < -0.4 is 15.4 Å². The van der Waals surface area contributed by atoms with Crippen molar-refractivity contribution in [3.05, 3.63) is 59.8 Å². The molecule has 0 aliphatic rings. The van der Waals surface area contributed by atoms with Gasteiger partial charge in [0.2, 0.25) is 0 Å². The zero-order valence-electron chi connectivity index (χ0n) is 19.4. The molecule has 0 atom stereocenters. The van der Waals surface area contributed by atoms with Crippen molar-refractivity contribution in [1.29, 1.82) is 0 Å². The molecule has 0 aliphatic carbocycles. The number of carbonyl (C=O) groups is 1. The summed E-state index contributed by atoms with van der Waals surface area (Å²) in [4.78, 5) is 20.9. The van der Waals surface area contributed by atoms with E-state index in [1.807, 2.05) is 20.8 Å². The third-order valence-corrected chi connectivity index (χ3v) is 4.80. The number of hydrogen-bond acceptors (Lipinski definition) is 7. The second-order valence-electron chi connectivity index (χ2n) is 8.67. The van der Waals surface area contributed by atoms with Crippen molar-refractivity contribution in [3.63, 3.8) is 0 Å². The average molecular weight is 465 g/mol. The summed E-state index contributed by atoms with van der Waals surface area (Å²) in [5.74, 6) is 0.545. The van der Waals surface area contributed by atoms with Gasteiger partial charge in [0, 0.05) is 36.9 Å². The largest absolute Gasteiger partial charge is 0.424 e. The number of ether oxygens (including phenoxy) is 1. The summed E-state index contributed by atoms with van der Waals surface area (Å²) in [6.07, 6.45) is 1.51. The number of nitrogens with zero attached hydrogens (tertiary/aromatic N) is 5. The fourth-order valence-electron chi connectivity index (χ4n) is 3.00. The van der Waals surface area contributed by atoms with Crippen LogP contribution in [-0.2, 0) is 12.5 Å². The second-order valence-corrected chi connectivity index (χ2v) is 8.67. The summed E-state index contributed by atoms with van der Waals surface area (Å²) >= 11 is 0. The van der Waals surface area contributed by atoms with E-state index in [0.717, 1.165) is 5.69 Å². The molecular formula is C23H24FN7O3. The van der Waals surface area contributed by atoms with Gasteiger partial charge in [-0.3, -0.25) is 10.00 Å². The van der Waals surface area contributed by atoms with Gasteiger partial charge in [0.15, 0.2) is 5.76 Å². The summed E-state index contributed by atoms with van der Waals surface area (Å²) < 4.78 is 26.8. The maximum Gasteiger partial charge on any atom is 0.324 e. The van der Waals surface area contributed by atoms with Crippen LogP contribution >= 0.6 is 0 Å². The van der Waals surface area contributed by atoms with Gasteiger partial charge in [0.25, 0.3) is 0 Å². The normalized spacial score (nSPS) is 11.4. The molecule has 0 saturated carbocycles. The van der Waals surface area contributed by atoms with Gasteiger partial charge in [-0.1, -0.05) is 25.9 Å². The molecule has 0 unspecified atom stereocenters. The zero-order chi connectivity index (χ0) is 24.5. The summed E-state index contributed by atoms with van der Waals surface area (Å²) in [6, 6.07) is 8.48. The van der Waals surface area contributed by atoms with E-state index in [-0.39, 0.29) is 22.9 Å². The lowest BCUT2D eigenvalue weighted by Gasteiger charge is -2.13. The molecule has 2 amide bonds. The highest BCUT2D eigenvalue weighted by Crippen LogP contribution is 2.27. The Balaban J connectivity index is 1.47. The standard InChI is InChI=1S/C23H24FN7O3/c1-13-10-18(34-30-13)16-8-9-25-22(27-16)33-14-6-7-15(24)17(11-14)26-21(32)28-20-12-19(23(2,3)4)29-31(20)5/h6-12H,1-5H3,(H2,26,28,32). The van der Waals surface area contributed by atoms with Gasteiger partial charge in [0.1, 0.15) is 23.1 Å². The predicted octanol–water partition coefficient (Wildman–Crippen LogP) is 5.05. The highest BCUT2D eigenvalue weighted by molar-refractivity contribution is 5.99. The Morgan fingerprint density at radius 1 is 1.15 bits per heavy atom. The van der Waals surface area contributed by atoms with Gasteiger partial charge >= 0.3 is 12.0 Å². The molecule has 0 radical (unpaired) electrons. The van der Waals surface area contributed by atoms with E-state index in [2.05, 4.69) is 30.9 Å². The van der Waals surface area contributed by atoms with E-state index in [9.17, 15) is 9.18 Å². The van der Waals surface area contributed by atoms with Crippen LogP contribution in [0.3, 0.4) is 0 Å². The first-order chi connectivity index (χ1) is 16.1. The van der Waals surface area contributed by atoms with Crippen LogP contribution in [0.2, 0.25) is 0 Å². The van der Waals surface area contributed by atoms with Crippen molar-refractivity contribution in [2.24, 2.45) is 7.05 Å². The number of carbonyl (C=O) groups excluding carboxylic acids is 1. The van der Waals surface area contributed by atoms with E-state index in [1.54, 1.807) is 36.9 Å². The Kier molecular flexibility index (Phi) is 6.01. The lowest BCUT2D eigenvalue weighted by molar-refractivity contribution is 0.262. The third kappa shape index (κ3) is 5.20. The summed E-state index contributed by atoms with van der Waals surface area (Å²) in [5.41, 5.74) is 1.75. The lowest BCUT2D eigenvalue weighted by atomic mass is 9.92. The van der Waals surface area contributed by atoms with Crippen molar-refractivity contribution < 1.29 is 18.4 Å². The topological polar surface area (TPSA) is 120 Å². The SMILES string of the molecule is Cc1cc(-c2ccnc(Oc3ccc(F)c(NC(=O)Nc4cc(C(C)(C)C)nn4C)c3)n2)on1. The number of halogens is 1. The number of benzene rings is 1. The van der Waals surface area contributed by atoms with Crippen molar-refractivity contribution in [3.8, 4) is 23.2 Å². The molecule has 34 heavy (non-hydrogen) atoms. The van der Waals surface area contributed by atoms with Gasteiger partial charge in [0.05, 0.1) is 17.1 Å². The van der Waals surface area contributed by atoms with E-state index in [0.29, 0.717) is 23.0 Å². The Morgan fingerprint density at radius 2 is 1.94 bits per heavy atom. The Hall–Kier alpha value is -4.28. The highest BCUT2D eigenvalue weighted by atomic mass is 19.1. The number of rotatable bonds is 5. The molecular weight excluding hydrogens is 441 g/mol. The molecule has 10 nitrogen and oxygen atoms in total. The maximum absolute atomic E-state index is 14.4. The van der Waals surface area contributed by atoms with E-state index in [1.165, 1.54) is 24.4 Å². The smallest absolute Gasteiger partial charge is 0.324 e. The fourth-order valence-corrected chi connectivity index (χ4v) is 3.00. The van der Waals surface area contributed by atoms with Gasteiger partial charge < -0.3 is 14.6 Å². The second kappa shape index (κ2) is 8.93. The minimum Gasteiger partial charge on any atom is -0.424 e. The molecule has 3 heterocycles. The molecule has 0 aliphatic heterocycles. The fraction of sp³-hybridized carbons (Fsp3) is 0.261. The van der Waals surface area contributed by atoms with Crippen molar-refractivity contribution in [2.75, 3.05) is 10.6 Å². The van der Waals surface area contributed by atoms with Crippen molar-refractivity contribution >= 4 is 17.5 Å². The van der Waals surface area contributed by atoms with Crippen LogP contribution in [0.15, 0.2) is 47.1 Å². The van der Waals surface area contributed by atoms with Crippen LogP contribution in [0.4, 0.5) is 20.7 Å². The van der Waals surface area contributed by atoms with Gasteiger partial charge in [-0.05, 0) is 25.1 Å². The third-order valence-electron chi connectivity index (χ3n) is 4.80. The first-order valence-corrected chi connectivity index (χ1v) is 10.4. The molecule has 3 aromatic heterocycles. The van der Waals surface area contributed by atoms with Crippen LogP contribution in [0, 0.1) is 12.7 Å². The predicted molar refractivity (Wildman–Crippen MR) is 123 cm³/mol. The van der Waals surface area contributed by atoms with Crippen LogP contribution in [-0.4, -0.2) is 30.9 Å². The first-order valence-electron chi connectivity index (χ1n) is 10.4. The number of amides is 2. The number of aryl methyl sites for hydroxylation is 2. The van der Waals surface area contributed by atoms with Gasteiger partial charge in [-0.15, -0.1) is 0 Å². The van der Waals surface area contributed by atoms with Crippen molar-refractivity contribution in [2.45, 2.75) is 33.1 Å². The maximum atomic E-state index is 14.4. The molecule has 4 aromatic rings. The Morgan fingerprint density at radius 3 is 2.62 bits per heavy atom. The molecule has 0 bridgehead atoms. The van der Waals surface area contributed by atoms with Crippen LogP contribution in [0.1, 0.15) is 32.2 Å². The minimum absolute atomic E-state index is 0.0261. The lowest BCUT2D eigenvalue weighted by Crippen LogP contribution is -2.21. The highest BCUT2D eigenvalue weighted by Gasteiger charge is 2.20. The van der Waals surface area contributed by atoms with E-state index < -0.39 is 11.8 Å². The number of anilines is 2. The van der Waals surface area contributed by atoms with Crippen LogP contribution in [0.25, 0.3) is 11.5 Å². The number of aromatic nitrogens is 5.